The molecule has 2 heterocycles. The van der Waals surface area contributed by atoms with Crippen LogP contribution >= 0.6 is 0 Å². The number of fused-ring (bicyclic) bond motifs is 1. The van der Waals surface area contributed by atoms with E-state index in [0.29, 0.717) is 11.5 Å². The monoisotopic (exact) mass is 219 g/mol. The molecule has 0 radical (unpaired) electrons. The number of furan rings is 1. The Hall–Kier alpha value is -0.760. The normalized spacial score (nSPS) is 27.2. The molecule has 16 heavy (non-hydrogen) atoms. The van der Waals surface area contributed by atoms with Crippen LogP contribution in [0.15, 0.2) is 16.7 Å². The molecule has 1 aliphatic carbocycles. The number of nitrogens with one attached hydrogen (secondary N) is 1. The average molecular weight is 219 g/mol. The molecule has 1 aliphatic heterocycles. The van der Waals surface area contributed by atoms with Crippen molar-refractivity contribution in [2.45, 2.75) is 51.5 Å². The molecule has 1 saturated carbocycles. The minimum absolute atomic E-state index is 0.536. The molecule has 88 valence electrons. The Kier molecular flexibility index (Phi) is 2.55. The van der Waals surface area contributed by atoms with Crippen molar-refractivity contribution in [1.82, 2.24) is 5.32 Å². The zero-order chi connectivity index (χ0) is 11.0. The molecule has 1 aromatic heterocycles. The van der Waals surface area contributed by atoms with Crippen molar-refractivity contribution >= 4 is 0 Å². The Balaban J connectivity index is 1.90. The smallest absolute Gasteiger partial charge is 0.109 e. The lowest BCUT2D eigenvalue weighted by Crippen LogP contribution is -2.45. The summed E-state index contributed by atoms with van der Waals surface area (Å²) >= 11 is 0. The molecule has 1 unspecified atom stereocenters. The van der Waals surface area contributed by atoms with Crippen LogP contribution in [0.25, 0.3) is 0 Å². The van der Waals surface area contributed by atoms with Gasteiger partial charge in [0, 0.05) is 24.6 Å². The van der Waals surface area contributed by atoms with Gasteiger partial charge in [-0.15, -0.1) is 0 Å². The van der Waals surface area contributed by atoms with Crippen molar-refractivity contribution in [3.63, 3.8) is 0 Å². The van der Waals surface area contributed by atoms with E-state index in [4.69, 9.17) is 4.42 Å². The predicted octanol–water partition coefficient (Wildman–Crippen LogP) is 3.44. The van der Waals surface area contributed by atoms with Gasteiger partial charge in [-0.2, -0.15) is 0 Å². The third-order valence-electron chi connectivity index (χ3n) is 4.50. The Morgan fingerprint density at radius 3 is 3.06 bits per heavy atom. The molecule has 0 aromatic carbocycles. The molecular formula is C14H21NO. The summed E-state index contributed by atoms with van der Waals surface area (Å²) in [6.07, 6.45) is 9.77. The average Bonchev–Trinajstić information content (AvgIpc) is 2.71. The predicted molar refractivity (Wildman–Crippen MR) is 64.3 cm³/mol. The van der Waals surface area contributed by atoms with Crippen molar-refractivity contribution in [2.75, 3.05) is 6.54 Å². The van der Waals surface area contributed by atoms with Crippen molar-refractivity contribution in [3.8, 4) is 0 Å². The Morgan fingerprint density at radius 2 is 2.38 bits per heavy atom. The molecule has 1 aromatic rings. The second-order valence-corrected chi connectivity index (χ2v) is 5.40. The fourth-order valence-corrected chi connectivity index (χ4v) is 3.61. The SMILES string of the molecule is CCCC1(C2NCCc3occc32)CCC1. The molecule has 0 spiro atoms. The van der Waals surface area contributed by atoms with E-state index in [1.807, 2.05) is 6.26 Å². The minimum atomic E-state index is 0.536. The van der Waals surface area contributed by atoms with Gasteiger partial charge in [0.05, 0.1) is 6.26 Å². The van der Waals surface area contributed by atoms with Crippen LogP contribution in [0.2, 0.25) is 0 Å². The first-order valence-corrected chi connectivity index (χ1v) is 6.65. The van der Waals surface area contributed by atoms with Gasteiger partial charge in [0.1, 0.15) is 5.76 Å². The van der Waals surface area contributed by atoms with Crippen LogP contribution in [0.4, 0.5) is 0 Å². The second kappa shape index (κ2) is 3.92. The first-order valence-electron chi connectivity index (χ1n) is 6.65. The van der Waals surface area contributed by atoms with E-state index < -0.39 is 0 Å². The quantitative estimate of drug-likeness (QED) is 0.842. The summed E-state index contributed by atoms with van der Waals surface area (Å²) in [6, 6.07) is 2.74. The highest BCUT2D eigenvalue weighted by Crippen LogP contribution is 2.54. The van der Waals surface area contributed by atoms with Crippen LogP contribution in [0.3, 0.4) is 0 Å². The van der Waals surface area contributed by atoms with Crippen molar-refractivity contribution in [2.24, 2.45) is 5.41 Å². The summed E-state index contributed by atoms with van der Waals surface area (Å²) in [5, 5.41) is 3.73. The van der Waals surface area contributed by atoms with E-state index in [-0.39, 0.29) is 0 Å². The standard InChI is InChI=1S/C14H21NO/c1-2-6-14(7-3-8-14)13-11-5-10-16-12(11)4-9-15-13/h5,10,13,15H,2-4,6-9H2,1H3. The summed E-state index contributed by atoms with van der Waals surface area (Å²) in [5.74, 6) is 1.23. The molecule has 2 aliphatic rings. The molecule has 1 fully saturated rings. The molecule has 0 amide bonds. The number of rotatable bonds is 3. The molecule has 2 heteroatoms. The Labute approximate surface area is 97.4 Å². The van der Waals surface area contributed by atoms with Crippen LogP contribution in [0.5, 0.6) is 0 Å². The number of hydrogen-bond donors (Lipinski definition) is 1. The van der Waals surface area contributed by atoms with Gasteiger partial charge >= 0.3 is 0 Å². The lowest BCUT2D eigenvalue weighted by atomic mass is 9.59. The van der Waals surface area contributed by atoms with Gasteiger partial charge in [-0.1, -0.05) is 19.8 Å². The zero-order valence-corrected chi connectivity index (χ0v) is 10.1. The molecule has 3 rings (SSSR count). The molecule has 1 N–H and O–H groups in total. The van der Waals surface area contributed by atoms with Crippen molar-refractivity contribution < 1.29 is 4.42 Å². The van der Waals surface area contributed by atoms with E-state index in [0.717, 1.165) is 13.0 Å². The van der Waals surface area contributed by atoms with Crippen LogP contribution in [-0.2, 0) is 6.42 Å². The van der Waals surface area contributed by atoms with E-state index in [9.17, 15) is 0 Å². The van der Waals surface area contributed by atoms with Gasteiger partial charge in [0.2, 0.25) is 0 Å². The zero-order valence-electron chi connectivity index (χ0n) is 10.1. The maximum absolute atomic E-state index is 5.59. The van der Waals surface area contributed by atoms with E-state index in [2.05, 4.69) is 18.3 Å². The maximum Gasteiger partial charge on any atom is 0.109 e. The maximum atomic E-state index is 5.59. The van der Waals surface area contributed by atoms with Crippen molar-refractivity contribution in [3.05, 3.63) is 23.7 Å². The molecule has 0 saturated heterocycles. The van der Waals surface area contributed by atoms with Gasteiger partial charge in [0.15, 0.2) is 0 Å². The summed E-state index contributed by atoms with van der Waals surface area (Å²) in [4.78, 5) is 0. The van der Waals surface area contributed by atoms with Gasteiger partial charge in [-0.3, -0.25) is 0 Å². The lowest BCUT2D eigenvalue weighted by Gasteiger charge is -2.49. The van der Waals surface area contributed by atoms with Crippen molar-refractivity contribution in [1.29, 1.82) is 0 Å². The lowest BCUT2D eigenvalue weighted by molar-refractivity contribution is 0.0568. The third-order valence-corrected chi connectivity index (χ3v) is 4.50. The first kappa shape index (κ1) is 10.4. The topological polar surface area (TPSA) is 25.2 Å². The highest BCUT2D eigenvalue weighted by atomic mass is 16.3. The largest absolute Gasteiger partial charge is 0.469 e. The highest BCUT2D eigenvalue weighted by molar-refractivity contribution is 5.27. The van der Waals surface area contributed by atoms with Crippen LogP contribution in [-0.4, -0.2) is 6.54 Å². The Morgan fingerprint density at radius 1 is 1.50 bits per heavy atom. The Bertz CT molecular complexity index is 365. The van der Waals surface area contributed by atoms with Gasteiger partial charge < -0.3 is 9.73 Å². The number of hydrogen-bond acceptors (Lipinski definition) is 2. The minimum Gasteiger partial charge on any atom is -0.469 e. The van der Waals surface area contributed by atoms with Crippen LogP contribution < -0.4 is 5.32 Å². The highest BCUT2D eigenvalue weighted by Gasteiger charge is 2.45. The summed E-state index contributed by atoms with van der Waals surface area (Å²) < 4.78 is 5.59. The van der Waals surface area contributed by atoms with Gasteiger partial charge in [-0.25, -0.2) is 0 Å². The fraction of sp³-hybridized carbons (Fsp3) is 0.714. The second-order valence-electron chi connectivity index (χ2n) is 5.40. The van der Waals surface area contributed by atoms with Crippen LogP contribution in [0, 0.1) is 5.41 Å². The summed E-state index contributed by atoms with van der Waals surface area (Å²) in [6.45, 7) is 3.38. The van der Waals surface area contributed by atoms with E-state index in [1.165, 1.54) is 43.4 Å². The molecule has 0 bridgehead atoms. The first-order chi connectivity index (χ1) is 7.86. The van der Waals surface area contributed by atoms with E-state index in [1.54, 1.807) is 0 Å². The van der Waals surface area contributed by atoms with Crippen LogP contribution in [0.1, 0.15) is 56.4 Å². The summed E-state index contributed by atoms with van der Waals surface area (Å²) in [5.41, 5.74) is 1.98. The van der Waals surface area contributed by atoms with Gasteiger partial charge in [-0.05, 0) is 30.7 Å². The fourth-order valence-electron chi connectivity index (χ4n) is 3.61. The third kappa shape index (κ3) is 1.43. The molecule has 1 atom stereocenters. The van der Waals surface area contributed by atoms with Gasteiger partial charge in [0.25, 0.3) is 0 Å². The molecule has 2 nitrogen and oxygen atoms in total. The van der Waals surface area contributed by atoms with E-state index >= 15 is 0 Å². The summed E-state index contributed by atoms with van der Waals surface area (Å²) in [7, 11) is 0. The molecular weight excluding hydrogens is 198 g/mol.